The molecular formula is C12H18F3N3. The van der Waals surface area contributed by atoms with Gasteiger partial charge in [-0.25, -0.2) is 0 Å². The lowest BCUT2D eigenvalue weighted by atomic mass is 10.1. The van der Waals surface area contributed by atoms with Crippen molar-refractivity contribution in [3.63, 3.8) is 0 Å². The molecule has 0 unspecified atom stereocenters. The van der Waals surface area contributed by atoms with Gasteiger partial charge in [0.05, 0.1) is 17.5 Å². The van der Waals surface area contributed by atoms with Crippen LogP contribution >= 0.6 is 0 Å². The topological polar surface area (TPSA) is 43.8 Å². The first kappa shape index (κ1) is 13.4. The number of rotatable bonds is 4. The van der Waals surface area contributed by atoms with Crippen molar-refractivity contribution in [2.45, 2.75) is 57.3 Å². The molecule has 0 aromatic carbocycles. The molecule has 0 bridgehead atoms. The Bertz CT molecular complexity index is 430. The van der Waals surface area contributed by atoms with Gasteiger partial charge in [-0.3, -0.25) is 4.68 Å². The Morgan fingerprint density at radius 3 is 2.50 bits per heavy atom. The minimum Gasteiger partial charge on any atom is -0.325 e. The smallest absolute Gasteiger partial charge is 0.325 e. The van der Waals surface area contributed by atoms with Crippen LogP contribution in [0.3, 0.4) is 0 Å². The van der Waals surface area contributed by atoms with Crippen LogP contribution in [0.15, 0.2) is 6.20 Å². The van der Waals surface area contributed by atoms with Crippen molar-refractivity contribution in [1.82, 2.24) is 9.78 Å². The lowest BCUT2D eigenvalue weighted by Crippen LogP contribution is -2.24. The fourth-order valence-corrected chi connectivity index (χ4v) is 2.10. The number of nitrogens with zero attached hydrogens (tertiary/aromatic N) is 2. The van der Waals surface area contributed by atoms with E-state index >= 15 is 0 Å². The molecule has 0 aliphatic heterocycles. The zero-order valence-corrected chi connectivity index (χ0v) is 10.6. The quantitative estimate of drug-likeness (QED) is 0.905. The Hall–Kier alpha value is -1.04. The van der Waals surface area contributed by atoms with Crippen LogP contribution in [-0.2, 0) is 12.6 Å². The number of nitrogens with two attached hydrogens (primary N) is 1. The molecule has 0 saturated heterocycles. The van der Waals surface area contributed by atoms with E-state index in [0.29, 0.717) is 12.8 Å². The van der Waals surface area contributed by atoms with E-state index in [9.17, 15) is 13.2 Å². The first-order valence-electron chi connectivity index (χ1n) is 6.15. The minimum atomic E-state index is -4.34. The zero-order valence-electron chi connectivity index (χ0n) is 10.6. The van der Waals surface area contributed by atoms with Gasteiger partial charge in [-0.2, -0.15) is 18.3 Å². The molecule has 1 aliphatic rings. The second-order valence-electron chi connectivity index (χ2n) is 5.40. The molecule has 2 rings (SSSR count). The third-order valence-electron chi connectivity index (χ3n) is 3.45. The number of hydrogen-bond donors (Lipinski definition) is 1. The lowest BCUT2D eigenvalue weighted by Gasteiger charge is -2.15. The molecule has 0 radical (unpaired) electrons. The largest absolute Gasteiger partial charge is 0.419 e. The van der Waals surface area contributed by atoms with Crippen LogP contribution < -0.4 is 5.73 Å². The maximum atomic E-state index is 12.9. The number of hydrogen-bond acceptors (Lipinski definition) is 2. The predicted octanol–water partition coefficient (Wildman–Crippen LogP) is 2.91. The SMILES string of the molecule is CC(C)n1ncc(C(F)(F)F)c1CCC1(N)CC1. The zero-order chi connectivity index (χ0) is 13.6. The average Bonchev–Trinajstić information content (AvgIpc) is 2.79. The van der Waals surface area contributed by atoms with Crippen LogP contribution in [0.2, 0.25) is 0 Å². The highest BCUT2D eigenvalue weighted by Gasteiger charge is 2.40. The first-order valence-corrected chi connectivity index (χ1v) is 6.15. The Morgan fingerprint density at radius 1 is 1.44 bits per heavy atom. The molecule has 1 aromatic rings. The van der Waals surface area contributed by atoms with Crippen molar-refractivity contribution in [2.24, 2.45) is 5.73 Å². The van der Waals surface area contributed by atoms with Crippen molar-refractivity contribution in [3.05, 3.63) is 17.5 Å². The van der Waals surface area contributed by atoms with Gasteiger partial charge in [-0.05, 0) is 39.5 Å². The fraction of sp³-hybridized carbons (Fsp3) is 0.750. The molecule has 0 atom stereocenters. The van der Waals surface area contributed by atoms with Crippen molar-refractivity contribution >= 4 is 0 Å². The van der Waals surface area contributed by atoms with Gasteiger partial charge in [-0.1, -0.05) is 0 Å². The molecule has 18 heavy (non-hydrogen) atoms. The summed E-state index contributed by atoms with van der Waals surface area (Å²) in [6.45, 7) is 3.65. The van der Waals surface area contributed by atoms with Crippen LogP contribution in [0.4, 0.5) is 13.2 Å². The Balaban J connectivity index is 2.25. The van der Waals surface area contributed by atoms with E-state index in [0.717, 1.165) is 19.0 Å². The first-order chi connectivity index (χ1) is 8.23. The van der Waals surface area contributed by atoms with Gasteiger partial charge in [-0.15, -0.1) is 0 Å². The summed E-state index contributed by atoms with van der Waals surface area (Å²) in [5.41, 5.74) is 5.33. The van der Waals surface area contributed by atoms with Crippen molar-refractivity contribution in [2.75, 3.05) is 0 Å². The van der Waals surface area contributed by atoms with E-state index in [4.69, 9.17) is 5.73 Å². The Labute approximate surface area is 104 Å². The molecule has 1 heterocycles. The van der Waals surface area contributed by atoms with Gasteiger partial charge in [0.25, 0.3) is 0 Å². The third kappa shape index (κ3) is 2.68. The number of halogens is 3. The van der Waals surface area contributed by atoms with E-state index in [1.54, 1.807) is 0 Å². The summed E-state index contributed by atoms with van der Waals surface area (Å²) in [7, 11) is 0. The summed E-state index contributed by atoms with van der Waals surface area (Å²) in [5.74, 6) is 0. The van der Waals surface area contributed by atoms with Gasteiger partial charge in [0, 0.05) is 11.6 Å². The third-order valence-corrected chi connectivity index (χ3v) is 3.45. The molecule has 0 spiro atoms. The Kier molecular flexibility index (Phi) is 3.17. The maximum Gasteiger partial charge on any atom is 0.419 e. The van der Waals surface area contributed by atoms with E-state index < -0.39 is 11.7 Å². The molecule has 1 fully saturated rings. The van der Waals surface area contributed by atoms with Gasteiger partial charge >= 0.3 is 6.18 Å². The van der Waals surface area contributed by atoms with Crippen molar-refractivity contribution < 1.29 is 13.2 Å². The minimum absolute atomic E-state index is 0.0796. The molecule has 102 valence electrons. The summed E-state index contributed by atoms with van der Waals surface area (Å²) >= 11 is 0. The molecule has 2 N–H and O–H groups in total. The van der Waals surface area contributed by atoms with Gasteiger partial charge in [0.1, 0.15) is 0 Å². The van der Waals surface area contributed by atoms with Gasteiger partial charge in [0.2, 0.25) is 0 Å². The van der Waals surface area contributed by atoms with Crippen LogP contribution in [0.25, 0.3) is 0 Å². The molecule has 6 heteroatoms. The fourth-order valence-electron chi connectivity index (χ4n) is 2.10. The summed E-state index contributed by atoms with van der Waals surface area (Å²) < 4.78 is 40.1. The van der Waals surface area contributed by atoms with Crippen molar-refractivity contribution in [3.8, 4) is 0 Å². The molecule has 3 nitrogen and oxygen atoms in total. The normalized spacial score (nSPS) is 18.4. The number of alkyl halides is 3. The molecule has 1 aliphatic carbocycles. The molecular weight excluding hydrogens is 243 g/mol. The lowest BCUT2D eigenvalue weighted by molar-refractivity contribution is -0.138. The molecule has 1 aromatic heterocycles. The monoisotopic (exact) mass is 261 g/mol. The van der Waals surface area contributed by atoms with Gasteiger partial charge < -0.3 is 5.73 Å². The standard InChI is InChI=1S/C12H18F3N3/c1-8(2)18-10(3-4-11(16)5-6-11)9(7-17-18)12(13,14)15/h7-8H,3-6,16H2,1-2H3. The highest BCUT2D eigenvalue weighted by Crippen LogP contribution is 2.39. The average molecular weight is 261 g/mol. The van der Waals surface area contributed by atoms with Crippen LogP contribution in [0, 0.1) is 0 Å². The van der Waals surface area contributed by atoms with E-state index in [1.165, 1.54) is 4.68 Å². The highest BCUT2D eigenvalue weighted by atomic mass is 19.4. The van der Waals surface area contributed by atoms with E-state index in [-0.39, 0.29) is 17.3 Å². The van der Waals surface area contributed by atoms with Gasteiger partial charge in [0.15, 0.2) is 0 Å². The van der Waals surface area contributed by atoms with E-state index in [2.05, 4.69) is 5.10 Å². The Morgan fingerprint density at radius 2 is 2.06 bits per heavy atom. The summed E-state index contributed by atoms with van der Waals surface area (Å²) in [4.78, 5) is 0. The molecule has 0 amide bonds. The van der Waals surface area contributed by atoms with Crippen molar-refractivity contribution in [1.29, 1.82) is 0 Å². The molecule has 1 saturated carbocycles. The van der Waals surface area contributed by atoms with Crippen LogP contribution in [0.5, 0.6) is 0 Å². The summed E-state index contributed by atoms with van der Waals surface area (Å²) in [6.07, 6.45) is -0.675. The predicted molar refractivity (Wildman–Crippen MR) is 62.1 cm³/mol. The van der Waals surface area contributed by atoms with Crippen LogP contribution in [0.1, 0.15) is 50.4 Å². The van der Waals surface area contributed by atoms with Crippen LogP contribution in [-0.4, -0.2) is 15.3 Å². The van der Waals surface area contributed by atoms with E-state index in [1.807, 2.05) is 13.8 Å². The number of aromatic nitrogens is 2. The summed E-state index contributed by atoms with van der Waals surface area (Å²) in [5, 5.41) is 3.86. The second-order valence-corrected chi connectivity index (χ2v) is 5.40. The summed E-state index contributed by atoms with van der Waals surface area (Å²) in [6, 6.07) is -0.0796. The second kappa shape index (κ2) is 4.26. The maximum absolute atomic E-state index is 12.9. The highest BCUT2D eigenvalue weighted by molar-refractivity contribution is 5.23.